The van der Waals surface area contributed by atoms with Gasteiger partial charge in [0.1, 0.15) is 0 Å². The third kappa shape index (κ3) is 3.00. The van der Waals surface area contributed by atoms with Gasteiger partial charge < -0.3 is 4.74 Å². The van der Waals surface area contributed by atoms with Crippen molar-refractivity contribution < 1.29 is 9.53 Å². The molecule has 0 N–H and O–H groups in total. The molecule has 0 spiro atoms. The van der Waals surface area contributed by atoms with Crippen molar-refractivity contribution in [2.45, 2.75) is 6.42 Å². The van der Waals surface area contributed by atoms with Crippen molar-refractivity contribution in [2.24, 2.45) is 0 Å². The number of esters is 1. The maximum absolute atomic E-state index is 11.0. The van der Waals surface area contributed by atoms with E-state index in [1.54, 1.807) is 0 Å². The van der Waals surface area contributed by atoms with E-state index in [-0.39, 0.29) is 12.4 Å². The van der Waals surface area contributed by atoms with Crippen LogP contribution in [-0.4, -0.2) is 13.1 Å². The molecular formula is C11H11BrO2. The van der Waals surface area contributed by atoms with Gasteiger partial charge in [-0.15, -0.1) is 0 Å². The van der Waals surface area contributed by atoms with Crippen LogP contribution in [0.2, 0.25) is 0 Å². The predicted octanol–water partition coefficient (Wildman–Crippen LogP) is 3.03. The standard InChI is InChI=1S/C11H11BrO2/c1-8(6-11(13)14-2)9-4-3-5-10(12)7-9/h3-5,7H,1,6H2,2H3. The fourth-order valence-electron chi connectivity index (χ4n) is 1.06. The van der Waals surface area contributed by atoms with E-state index in [4.69, 9.17) is 0 Å². The van der Waals surface area contributed by atoms with Gasteiger partial charge in [0.15, 0.2) is 0 Å². The second kappa shape index (κ2) is 4.96. The Hall–Kier alpha value is -1.09. The summed E-state index contributed by atoms with van der Waals surface area (Å²) >= 11 is 3.36. The van der Waals surface area contributed by atoms with E-state index in [1.165, 1.54) is 7.11 Å². The second-order valence-corrected chi connectivity index (χ2v) is 3.78. The highest BCUT2D eigenvalue weighted by atomic mass is 79.9. The van der Waals surface area contributed by atoms with E-state index in [0.29, 0.717) is 0 Å². The Bertz CT molecular complexity index is 358. The molecule has 0 fully saturated rings. The molecule has 0 aliphatic heterocycles. The Kier molecular flexibility index (Phi) is 3.89. The van der Waals surface area contributed by atoms with Crippen molar-refractivity contribution >= 4 is 27.5 Å². The zero-order valence-corrected chi connectivity index (χ0v) is 9.50. The fraction of sp³-hybridized carbons (Fsp3) is 0.182. The summed E-state index contributed by atoms with van der Waals surface area (Å²) in [6.45, 7) is 3.83. The van der Waals surface area contributed by atoms with Gasteiger partial charge >= 0.3 is 5.97 Å². The topological polar surface area (TPSA) is 26.3 Å². The van der Waals surface area contributed by atoms with Crippen LogP contribution in [0.1, 0.15) is 12.0 Å². The highest BCUT2D eigenvalue weighted by Gasteiger charge is 2.05. The molecule has 0 heterocycles. The molecule has 0 saturated carbocycles. The van der Waals surface area contributed by atoms with E-state index in [2.05, 4.69) is 27.2 Å². The molecule has 3 heteroatoms. The summed E-state index contributed by atoms with van der Waals surface area (Å²) < 4.78 is 5.53. The average Bonchev–Trinajstić information content (AvgIpc) is 2.17. The summed E-state index contributed by atoms with van der Waals surface area (Å²) in [6.07, 6.45) is 0.229. The van der Waals surface area contributed by atoms with Gasteiger partial charge in [-0.05, 0) is 23.3 Å². The lowest BCUT2D eigenvalue weighted by molar-refractivity contribution is -0.139. The number of methoxy groups -OCH3 is 1. The van der Waals surface area contributed by atoms with Crippen LogP contribution in [0.15, 0.2) is 35.3 Å². The Labute approximate surface area is 91.7 Å². The molecule has 1 aromatic rings. The number of hydrogen-bond acceptors (Lipinski definition) is 2. The molecule has 1 aromatic carbocycles. The average molecular weight is 255 g/mol. The molecule has 0 aliphatic carbocycles. The van der Waals surface area contributed by atoms with Crippen molar-refractivity contribution in [2.75, 3.05) is 7.11 Å². The smallest absolute Gasteiger partial charge is 0.309 e. The first kappa shape index (κ1) is 11.0. The highest BCUT2D eigenvalue weighted by molar-refractivity contribution is 9.10. The van der Waals surface area contributed by atoms with Gasteiger partial charge in [0.2, 0.25) is 0 Å². The SMILES string of the molecule is C=C(CC(=O)OC)c1cccc(Br)c1. The summed E-state index contributed by atoms with van der Waals surface area (Å²) in [7, 11) is 1.37. The summed E-state index contributed by atoms with van der Waals surface area (Å²) in [5, 5.41) is 0. The third-order valence-electron chi connectivity index (χ3n) is 1.82. The first-order valence-electron chi connectivity index (χ1n) is 4.14. The molecule has 0 bridgehead atoms. The van der Waals surface area contributed by atoms with Gasteiger partial charge in [-0.1, -0.05) is 34.6 Å². The van der Waals surface area contributed by atoms with Gasteiger partial charge in [0, 0.05) is 4.47 Å². The Morgan fingerprint density at radius 3 is 2.86 bits per heavy atom. The minimum Gasteiger partial charge on any atom is -0.469 e. The predicted molar refractivity (Wildman–Crippen MR) is 59.8 cm³/mol. The van der Waals surface area contributed by atoms with Crippen LogP contribution >= 0.6 is 15.9 Å². The molecule has 0 unspecified atom stereocenters. The van der Waals surface area contributed by atoms with Crippen molar-refractivity contribution in [1.29, 1.82) is 0 Å². The molecule has 0 amide bonds. The number of ether oxygens (including phenoxy) is 1. The Morgan fingerprint density at radius 2 is 2.29 bits per heavy atom. The van der Waals surface area contributed by atoms with Gasteiger partial charge in [0.25, 0.3) is 0 Å². The number of rotatable bonds is 3. The molecule has 14 heavy (non-hydrogen) atoms. The van der Waals surface area contributed by atoms with Gasteiger partial charge in [-0.2, -0.15) is 0 Å². The van der Waals surface area contributed by atoms with Crippen molar-refractivity contribution in [3.63, 3.8) is 0 Å². The molecule has 0 aliphatic rings. The van der Waals surface area contributed by atoms with Crippen molar-refractivity contribution in [3.05, 3.63) is 40.9 Å². The lowest BCUT2D eigenvalue weighted by Crippen LogP contribution is -2.00. The third-order valence-corrected chi connectivity index (χ3v) is 2.31. The lowest BCUT2D eigenvalue weighted by Gasteiger charge is -2.04. The molecule has 2 nitrogen and oxygen atoms in total. The monoisotopic (exact) mass is 254 g/mol. The highest BCUT2D eigenvalue weighted by Crippen LogP contribution is 2.20. The minimum absolute atomic E-state index is 0.229. The van der Waals surface area contributed by atoms with Crippen LogP contribution in [0.3, 0.4) is 0 Å². The number of hydrogen-bond donors (Lipinski definition) is 0. The summed E-state index contributed by atoms with van der Waals surface area (Å²) in [5.74, 6) is -0.269. The molecule has 74 valence electrons. The minimum atomic E-state index is -0.269. The molecule has 0 saturated heterocycles. The zero-order valence-electron chi connectivity index (χ0n) is 7.92. The van der Waals surface area contributed by atoms with Crippen molar-refractivity contribution in [1.82, 2.24) is 0 Å². The first-order valence-corrected chi connectivity index (χ1v) is 4.93. The Morgan fingerprint density at radius 1 is 1.57 bits per heavy atom. The van der Waals surface area contributed by atoms with Gasteiger partial charge in [-0.25, -0.2) is 0 Å². The molecule has 0 aromatic heterocycles. The van der Waals surface area contributed by atoms with E-state index in [0.717, 1.165) is 15.6 Å². The second-order valence-electron chi connectivity index (χ2n) is 2.87. The maximum atomic E-state index is 11.0. The van der Waals surface area contributed by atoms with Crippen LogP contribution in [0, 0.1) is 0 Å². The quantitative estimate of drug-likeness (QED) is 0.776. The summed E-state index contributed by atoms with van der Waals surface area (Å²) in [4.78, 5) is 11.0. The number of benzene rings is 1. The summed E-state index contributed by atoms with van der Waals surface area (Å²) in [6, 6.07) is 7.66. The first-order chi connectivity index (χ1) is 6.63. The van der Waals surface area contributed by atoms with E-state index >= 15 is 0 Å². The van der Waals surface area contributed by atoms with Crippen molar-refractivity contribution in [3.8, 4) is 0 Å². The van der Waals surface area contributed by atoms with E-state index in [1.807, 2.05) is 24.3 Å². The number of carbonyl (C=O) groups is 1. The molecule has 1 rings (SSSR count). The molecule has 0 atom stereocenters. The van der Waals surface area contributed by atoms with Crippen LogP contribution in [0.25, 0.3) is 5.57 Å². The lowest BCUT2D eigenvalue weighted by atomic mass is 10.1. The van der Waals surface area contributed by atoms with E-state index in [9.17, 15) is 4.79 Å². The largest absolute Gasteiger partial charge is 0.469 e. The Balaban J connectivity index is 2.75. The normalized spacial score (nSPS) is 9.57. The van der Waals surface area contributed by atoms with E-state index < -0.39 is 0 Å². The number of halogens is 1. The zero-order chi connectivity index (χ0) is 10.6. The van der Waals surface area contributed by atoms with Crippen LogP contribution in [-0.2, 0) is 9.53 Å². The van der Waals surface area contributed by atoms with Crippen LogP contribution < -0.4 is 0 Å². The van der Waals surface area contributed by atoms with Crippen LogP contribution in [0.4, 0.5) is 0 Å². The fourth-order valence-corrected chi connectivity index (χ4v) is 1.46. The van der Waals surface area contributed by atoms with Gasteiger partial charge in [-0.3, -0.25) is 4.79 Å². The molecular weight excluding hydrogens is 244 g/mol. The van der Waals surface area contributed by atoms with Gasteiger partial charge in [0.05, 0.1) is 13.5 Å². The summed E-state index contributed by atoms with van der Waals surface area (Å²) in [5.41, 5.74) is 1.71. The maximum Gasteiger partial charge on any atom is 0.309 e. The van der Waals surface area contributed by atoms with Crippen LogP contribution in [0.5, 0.6) is 0 Å². The molecule has 0 radical (unpaired) electrons. The number of carbonyl (C=O) groups excluding carboxylic acids is 1.